The van der Waals surface area contributed by atoms with Crippen LogP contribution in [-0.2, 0) is 0 Å². The molecule has 31 heavy (non-hydrogen) atoms. The molecule has 5 rings (SSSR count). The van der Waals surface area contributed by atoms with E-state index in [0.29, 0.717) is 39.5 Å². The van der Waals surface area contributed by atoms with Gasteiger partial charge >= 0.3 is 5.97 Å². The van der Waals surface area contributed by atoms with Gasteiger partial charge in [0.2, 0.25) is 12.6 Å². The average molecular weight is 418 g/mol. The number of carbonyl (C=O) groups is 2. The molecule has 0 amide bonds. The van der Waals surface area contributed by atoms with Gasteiger partial charge in [-0.25, -0.2) is 9.18 Å². The molecule has 6 nitrogen and oxygen atoms in total. The van der Waals surface area contributed by atoms with Gasteiger partial charge in [0.1, 0.15) is 17.3 Å². The maximum Gasteiger partial charge on any atom is 0.343 e. The summed E-state index contributed by atoms with van der Waals surface area (Å²) in [7, 11) is 0. The van der Waals surface area contributed by atoms with Crippen LogP contribution in [0.2, 0.25) is 0 Å². The van der Waals surface area contributed by atoms with Crippen LogP contribution in [0.5, 0.6) is 23.0 Å². The van der Waals surface area contributed by atoms with E-state index in [9.17, 15) is 14.0 Å². The Kier molecular flexibility index (Phi) is 4.43. The normalized spacial score (nSPS) is 15.0. The number of hydrogen-bond donors (Lipinski definition) is 0. The van der Waals surface area contributed by atoms with Crippen LogP contribution in [0.25, 0.3) is 6.08 Å². The van der Waals surface area contributed by atoms with Crippen LogP contribution in [0.4, 0.5) is 4.39 Å². The predicted octanol–water partition coefficient (Wildman–Crippen LogP) is 4.70. The van der Waals surface area contributed by atoms with Crippen LogP contribution in [-0.4, -0.2) is 18.5 Å². The van der Waals surface area contributed by atoms with E-state index in [4.69, 9.17) is 18.9 Å². The fourth-order valence-corrected chi connectivity index (χ4v) is 3.37. The molecule has 2 aliphatic heterocycles. The van der Waals surface area contributed by atoms with Crippen LogP contribution in [0.15, 0.2) is 60.4 Å². The Labute approximate surface area is 176 Å². The molecule has 3 aromatic rings. The number of fused-ring (bicyclic) bond motifs is 2. The van der Waals surface area contributed by atoms with Gasteiger partial charge < -0.3 is 18.9 Å². The molecule has 154 valence electrons. The quantitative estimate of drug-likeness (QED) is 0.349. The Morgan fingerprint density at radius 2 is 1.81 bits per heavy atom. The van der Waals surface area contributed by atoms with E-state index in [1.807, 2.05) is 0 Å². The zero-order valence-electron chi connectivity index (χ0n) is 16.3. The van der Waals surface area contributed by atoms with Gasteiger partial charge in [-0.3, -0.25) is 4.79 Å². The van der Waals surface area contributed by atoms with Crippen molar-refractivity contribution in [3.05, 3.63) is 88.4 Å². The van der Waals surface area contributed by atoms with Crippen molar-refractivity contribution in [2.24, 2.45) is 0 Å². The Morgan fingerprint density at radius 1 is 1.03 bits per heavy atom. The summed E-state index contributed by atoms with van der Waals surface area (Å²) in [5.41, 5.74) is 1.82. The lowest BCUT2D eigenvalue weighted by Gasteiger charge is -2.10. The van der Waals surface area contributed by atoms with E-state index >= 15 is 0 Å². The first-order valence-corrected chi connectivity index (χ1v) is 9.45. The van der Waals surface area contributed by atoms with Crippen LogP contribution in [0.1, 0.15) is 31.8 Å². The molecule has 0 N–H and O–H groups in total. The third-order valence-corrected chi connectivity index (χ3v) is 5.02. The van der Waals surface area contributed by atoms with Crippen molar-refractivity contribution < 1.29 is 32.9 Å². The summed E-state index contributed by atoms with van der Waals surface area (Å²) in [6, 6.07) is 13.6. The molecule has 0 bridgehead atoms. The number of halogens is 1. The lowest BCUT2D eigenvalue weighted by molar-refractivity contribution is 0.0732. The third kappa shape index (κ3) is 3.40. The molecular formula is C24H15FO6. The van der Waals surface area contributed by atoms with Gasteiger partial charge in [-0.1, -0.05) is 12.1 Å². The van der Waals surface area contributed by atoms with Gasteiger partial charge in [0.15, 0.2) is 17.3 Å². The number of Topliss-reactive ketones (excluding diaryl/α,β-unsaturated/α-hetero) is 1. The monoisotopic (exact) mass is 418 g/mol. The zero-order valence-corrected chi connectivity index (χ0v) is 16.3. The average Bonchev–Trinajstić information content (AvgIpc) is 3.36. The summed E-state index contributed by atoms with van der Waals surface area (Å²) < 4.78 is 34.9. The fourth-order valence-electron chi connectivity index (χ4n) is 3.37. The van der Waals surface area contributed by atoms with Gasteiger partial charge in [0, 0.05) is 5.56 Å². The Bertz CT molecular complexity index is 1260. The molecule has 0 fully saturated rings. The second kappa shape index (κ2) is 7.28. The predicted molar refractivity (Wildman–Crippen MR) is 108 cm³/mol. The van der Waals surface area contributed by atoms with E-state index in [1.165, 1.54) is 12.1 Å². The highest BCUT2D eigenvalue weighted by atomic mass is 19.1. The van der Waals surface area contributed by atoms with Crippen LogP contribution < -0.4 is 18.9 Å². The second-order valence-electron chi connectivity index (χ2n) is 7.01. The largest absolute Gasteiger partial charge is 0.454 e. The van der Waals surface area contributed by atoms with Crippen molar-refractivity contribution >= 4 is 17.8 Å². The summed E-state index contributed by atoms with van der Waals surface area (Å²) >= 11 is 0. The minimum atomic E-state index is -0.576. The van der Waals surface area contributed by atoms with Crippen molar-refractivity contribution in [1.82, 2.24) is 0 Å². The van der Waals surface area contributed by atoms with E-state index in [2.05, 4.69) is 0 Å². The molecule has 0 saturated carbocycles. The van der Waals surface area contributed by atoms with Crippen LogP contribution in [0, 0.1) is 12.7 Å². The number of benzene rings is 3. The van der Waals surface area contributed by atoms with Gasteiger partial charge in [-0.2, -0.15) is 0 Å². The Hall–Kier alpha value is -4.13. The molecule has 0 atom stereocenters. The standard InChI is InChI=1S/C24H15FO6/c1-13-18(31-24(27)15-4-8-19-20(11-15)29-12-28-19)9-7-17-22(26)21(30-23(13)17)10-14-2-5-16(25)6-3-14/h2-11H,12H2,1H3/b21-10-. The lowest BCUT2D eigenvalue weighted by Crippen LogP contribution is -2.09. The topological polar surface area (TPSA) is 71.1 Å². The molecule has 0 radical (unpaired) electrons. The molecule has 0 saturated heterocycles. The number of hydrogen-bond acceptors (Lipinski definition) is 6. The van der Waals surface area contributed by atoms with Gasteiger partial charge in [-0.15, -0.1) is 0 Å². The van der Waals surface area contributed by atoms with Crippen molar-refractivity contribution in [2.75, 3.05) is 6.79 Å². The number of ether oxygens (including phenoxy) is 4. The van der Waals surface area contributed by atoms with Crippen molar-refractivity contribution in [1.29, 1.82) is 0 Å². The maximum atomic E-state index is 13.1. The van der Waals surface area contributed by atoms with Crippen molar-refractivity contribution in [2.45, 2.75) is 6.92 Å². The number of ketones is 1. The summed E-state index contributed by atoms with van der Waals surface area (Å²) in [5.74, 6) is 0.524. The van der Waals surface area contributed by atoms with E-state index in [1.54, 1.807) is 55.5 Å². The SMILES string of the molecule is Cc1c(OC(=O)c2ccc3c(c2)OCO3)ccc2c1O/C(=C\c1ccc(F)cc1)C2=O. The first kappa shape index (κ1) is 18.9. The van der Waals surface area contributed by atoms with Gasteiger partial charge in [0.05, 0.1) is 11.1 Å². The summed E-state index contributed by atoms with van der Waals surface area (Å²) in [5, 5.41) is 0. The van der Waals surface area contributed by atoms with Gasteiger partial charge in [0.25, 0.3) is 0 Å². The van der Waals surface area contributed by atoms with E-state index in [-0.39, 0.29) is 29.9 Å². The number of carbonyl (C=O) groups excluding carboxylic acids is 2. The van der Waals surface area contributed by atoms with Crippen LogP contribution >= 0.6 is 0 Å². The lowest BCUT2D eigenvalue weighted by atomic mass is 10.1. The summed E-state index contributed by atoms with van der Waals surface area (Å²) in [6.07, 6.45) is 1.54. The minimum Gasteiger partial charge on any atom is -0.454 e. The molecule has 2 aliphatic rings. The summed E-state index contributed by atoms with van der Waals surface area (Å²) in [4.78, 5) is 25.3. The van der Waals surface area contributed by atoms with Crippen molar-refractivity contribution in [3.8, 4) is 23.0 Å². The fraction of sp³-hybridized carbons (Fsp3) is 0.0833. The molecule has 3 aromatic carbocycles. The van der Waals surface area contributed by atoms with Crippen LogP contribution in [0.3, 0.4) is 0 Å². The van der Waals surface area contributed by atoms with Gasteiger partial charge in [-0.05, 0) is 61.0 Å². The highest BCUT2D eigenvalue weighted by molar-refractivity contribution is 6.15. The van der Waals surface area contributed by atoms with E-state index in [0.717, 1.165) is 0 Å². The number of esters is 1. The first-order chi connectivity index (χ1) is 15.0. The first-order valence-electron chi connectivity index (χ1n) is 9.45. The number of allylic oxidation sites excluding steroid dienone is 1. The summed E-state index contributed by atoms with van der Waals surface area (Å²) in [6.45, 7) is 1.81. The molecule has 0 unspecified atom stereocenters. The molecule has 2 heterocycles. The second-order valence-corrected chi connectivity index (χ2v) is 7.01. The molecule has 7 heteroatoms. The molecule has 0 aromatic heterocycles. The number of rotatable bonds is 3. The van der Waals surface area contributed by atoms with Crippen molar-refractivity contribution in [3.63, 3.8) is 0 Å². The third-order valence-electron chi connectivity index (χ3n) is 5.02. The van der Waals surface area contributed by atoms with E-state index < -0.39 is 5.97 Å². The molecule has 0 aliphatic carbocycles. The molecule has 0 spiro atoms. The Morgan fingerprint density at radius 3 is 2.61 bits per heavy atom. The molecular weight excluding hydrogens is 403 g/mol. The maximum absolute atomic E-state index is 13.1. The highest BCUT2D eigenvalue weighted by Gasteiger charge is 2.30. The highest BCUT2D eigenvalue weighted by Crippen LogP contribution is 2.40. The zero-order chi connectivity index (χ0) is 21.5. The smallest absolute Gasteiger partial charge is 0.343 e. The Balaban J connectivity index is 1.40. The minimum absolute atomic E-state index is 0.108.